The van der Waals surface area contributed by atoms with Crippen molar-refractivity contribution in [3.8, 4) is 0 Å². The molecule has 0 aromatic carbocycles. The Morgan fingerprint density at radius 3 is 2.94 bits per heavy atom. The molecule has 0 bridgehead atoms. The molecule has 1 N–H and O–H groups in total. The fourth-order valence-electron chi connectivity index (χ4n) is 1.85. The molecule has 92 valence electrons. The predicted octanol–water partition coefficient (Wildman–Crippen LogP) is 0.622. The molecule has 17 heavy (non-hydrogen) atoms. The molecule has 2 heterocycles. The second kappa shape index (κ2) is 4.54. The number of carbonyl (C=O) groups excluding carboxylic acids is 1. The van der Waals surface area contributed by atoms with Gasteiger partial charge in [0.15, 0.2) is 5.76 Å². The Labute approximate surface area is 97.5 Å². The second-order valence-corrected chi connectivity index (χ2v) is 3.96. The molecule has 1 saturated heterocycles. The number of hydrogen-bond acceptors (Lipinski definition) is 5. The van der Waals surface area contributed by atoms with E-state index in [9.17, 15) is 14.9 Å². The molecular weight excluding hydrogens is 226 g/mol. The van der Waals surface area contributed by atoms with E-state index in [1.54, 1.807) is 11.9 Å². The van der Waals surface area contributed by atoms with E-state index < -0.39 is 10.8 Å². The molecule has 1 aromatic rings. The minimum atomic E-state index is -0.659. The summed E-state index contributed by atoms with van der Waals surface area (Å²) in [5, 5.41) is 13.6. The average molecular weight is 239 g/mol. The van der Waals surface area contributed by atoms with Gasteiger partial charge in [0.2, 0.25) is 0 Å². The van der Waals surface area contributed by atoms with Crippen LogP contribution in [-0.2, 0) is 0 Å². The third kappa shape index (κ3) is 2.28. The lowest BCUT2D eigenvalue weighted by Crippen LogP contribution is -2.38. The number of hydrogen-bond donors (Lipinski definition) is 1. The van der Waals surface area contributed by atoms with Crippen LogP contribution in [0.25, 0.3) is 0 Å². The van der Waals surface area contributed by atoms with Crippen molar-refractivity contribution in [2.45, 2.75) is 12.5 Å². The Hall–Kier alpha value is -1.89. The van der Waals surface area contributed by atoms with Crippen molar-refractivity contribution >= 4 is 11.8 Å². The molecular formula is C10H13N3O4. The van der Waals surface area contributed by atoms with Gasteiger partial charge >= 0.3 is 5.88 Å². The van der Waals surface area contributed by atoms with Crippen LogP contribution in [0.1, 0.15) is 17.0 Å². The minimum absolute atomic E-state index is 0.00565. The monoisotopic (exact) mass is 239 g/mol. The fourth-order valence-corrected chi connectivity index (χ4v) is 1.85. The van der Waals surface area contributed by atoms with E-state index in [-0.39, 0.29) is 17.7 Å². The van der Waals surface area contributed by atoms with Crippen molar-refractivity contribution in [1.29, 1.82) is 0 Å². The van der Waals surface area contributed by atoms with Gasteiger partial charge < -0.3 is 14.6 Å². The molecule has 1 aromatic heterocycles. The van der Waals surface area contributed by atoms with Gasteiger partial charge in [-0.15, -0.1) is 0 Å². The number of nitro groups is 1. The van der Waals surface area contributed by atoms with Gasteiger partial charge in [-0.05, 0) is 19.0 Å². The maximum atomic E-state index is 11.9. The largest absolute Gasteiger partial charge is 0.433 e. The zero-order chi connectivity index (χ0) is 12.4. The van der Waals surface area contributed by atoms with Gasteiger partial charge in [0.05, 0.1) is 6.07 Å². The SMILES string of the molecule is CN(C(=O)c1ccc([N+](=O)[O-])o1)C1CCNC1. The first-order chi connectivity index (χ1) is 8.09. The molecule has 7 heteroatoms. The van der Waals surface area contributed by atoms with E-state index in [0.29, 0.717) is 0 Å². The number of furan rings is 1. The van der Waals surface area contributed by atoms with Gasteiger partial charge in [0, 0.05) is 19.6 Å². The summed E-state index contributed by atoms with van der Waals surface area (Å²) in [7, 11) is 1.67. The van der Waals surface area contributed by atoms with Crippen LogP contribution in [0.4, 0.5) is 5.88 Å². The van der Waals surface area contributed by atoms with Gasteiger partial charge in [0.25, 0.3) is 5.91 Å². The zero-order valence-electron chi connectivity index (χ0n) is 9.38. The van der Waals surface area contributed by atoms with Gasteiger partial charge in [-0.25, -0.2) is 0 Å². The number of carbonyl (C=O) groups is 1. The van der Waals surface area contributed by atoms with Gasteiger partial charge in [-0.2, -0.15) is 0 Å². The normalized spacial score (nSPS) is 19.2. The van der Waals surface area contributed by atoms with Gasteiger partial charge in [0.1, 0.15) is 4.92 Å². The van der Waals surface area contributed by atoms with E-state index in [1.807, 2.05) is 0 Å². The van der Waals surface area contributed by atoms with Crippen LogP contribution in [0.15, 0.2) is 16.5 Å². The van der Waals surface area contributed by atoms with E-state index >= 15 is 0 Å². The highest BCUT2D eigenvalue weighted by molar-refractivity contribution is 5.91. The lowest BCUT2D eigenvalue weighted by atomic mass is 10.2. The van der Waals surface area contributed by atoms with Crippen LogP contribution in [0, 0.1) is 10.1 Å². The molecule has 1 aliphatic rings. The first-order valence-corrected chi connectivity index (χ1v) is 5.31. The summed E-state index contributed by atoms with van der Waals surface area (Å²) in [4.78, 5) is 23.3. The summed E-state index contributed by atoms with van der Waals surface area (Å²) in [6, 6.07) is 2.64. The van der Waals surface area contributed by atoms with Crippen molar-refractivity contribution < 1.29 is 14.1 Å². The first kappa shape index (κ1) is 11.6. The van der Waals surface area contributed by atoms with E-state index in [2.05, 4.69) is 5.32 Å². The Morgan fingerprint density at radius 2 is 2.41 bits per heavy atom. The lowest BCUT2D eigenvalue weighted by Gasteiger charge is -2.22. The summed E-state index contributed by atoms with van der Waals surface area (Å²) < 4.78 is 4.88. The van der Waals surface area contributed by atoms with E-state index in [1.165, 1.54) is 12.1 Å². The highest BCUT2D eigenvalue weighted by Crippen LogP contribution is 2.18. The number of nitrogens with one attached hydrogen (secondary N) is 1. The van der Waals surface area contributed by atoms with Crippen molar-refractivity contribution in [2.24, 2.45) is 0 Å². The van der Waals surface area contributed by atoms with Crippen LogP contribution in [0.2, 0.25) is 0 Å². The minimum Gasteiger partial charge on any atom is -0.395 e. The molecule has 1 fully saturated rings. The van der Waals surface area contributed by atoms with Crippen LogP contribution >= 0.6 is 0 Å². The van der Waals surface area contributed by atoms with E-state index in [4.69, 9.17) is 4.42 Å². The molecule has 0 spiro atoms. The maximum Gasteiger partial charge on any atom is 0.433 e. The van der Waals surface area contributed by atoms with Crippen molar-refractivity contribution in [3.63, 3.8) is 0 Å². The average Bonchev–Trinajstić information content (AvgIpc) is 2.97. The number of rotatable bonds is 3. The molecule has 1 unspecified atom stereocenters. The molecule has 1 amide bonds. The quantitative estimate of drug-likeness (QED) is 0.617. The molecule has 0 radical (unpaired) electrons. The van der Waals surface area contributed by atoms with Crippen LogP contribution in [0.5, 0.6) is 0 Å². The summed E-state index contributed by atoms with van der Waals surface area (Å²) in [6.45, 7) is 1.62. The molecule has 1 aliphatic heterocycles. The Bertz CT molecular complexity index is 437. The summed E-state index contributed by atoms with van der Waals surface area (Å²) >= 11 is 0. The van der Waals surface area contributed by atoms with Gasteiger partial charge in [-0.3, -0.25) is 14.9 Å². The Balaban J connectivity index is 2.09. The summed E-state index contributed by atoms with van der Waals surface area (Å²) in [5.74, 6) is -0.732. The predicted molar refractivity (Wildman–Crippen MR) is 58.7 cm³/mol. The second-order valence-electron chi connectivity index (χ2n) is 3.96. The van der Waals surface area contributed by atoms with E-state index in [0.717, 1.165) is 19.5 Å². The van der Waals surface area contributed by atoms with Gasteiger partial charge in [-0.1, -0.05) is 0 Å². The lowest BCUT2D eigenvalue weighted by molar-refractivity contribution is -0.402. The summed E-state index contributed by atoms with van der Waals surface area (Å²) in [5.41, 5.74) is 0. The molecule has 2 rings (SSSR count). The fraction of sp³-hybridized carbons (Fsp3) is 0.500. The Morgan fingerprint density at radius 1 is 1.65 bits per heavy atom. The van der Waals surface area contributed by atoms with Crippen molar-refractivity contribution in [1.82, 2.24) is 10.2 Å². The van der Waals surface area contributed by atoms with Crippen LogP contribution < -0.4 is 5.32 Å². The number of likely N-dealkylation sites (N-methyl/N-ethyl adjacent to an activating group) is 1. The standard InChI is InChI=1S/C10H13N3O4/c1-12(7-4-5-11-6-7)10(14)8-2-3-9(17-8)13(15)16/h2-3,7,11H,4-6H2,1H3. The van der Waals surface area contributed by atoms with Crippen LogP contribution in [-0.4, -0.2) is 41.9 Å². The molecule has 1 atom stereocenters. The number of nitrogens with zero attached hydrogens (tertiary/aromatic N) is 2. The third-order valence-electron chi connectivity index (χ3n) is 2.88. The highest BCUT2D eigenvalue weighted by Gasteiger charge is 2.27. The first-order valence-electron chi connectivity index (χ1n) is 5.31. The number of amides is 1. The van der Waals surface area contributed by atoms with Crippen LogP contribution in [0.3, 0.4) is 0 Å². The molecule has 7 nitrogen and oxygen atoms in total. The molecule has 0 aliphatic carbocycles. The third-order valence-corrected chi connectivity index (χ3v) is 2.88. The zero-order valence-corrected chi connectivity index (χ0v) is 9.38. The molecule has 0 saturated carbocycles. The Kier molecular flexibility index (Phi) is 3.10. The van der Waals surface area contributed by atoms with Crippen molar-refractivity contribution in [2.75, 3.05) is 20.1 Å². The maximum absolute atomic E-state index is 11.9. The topological polar surface area (TPSA) is 88.6 Å². The highest BCUT2D eigenvalue weighted by atomic mass is 16.6. The smallest absolute Gasteiger partial charge is 0.395 e. The van der Waals surface area contributed by atoms with Crippen molar-refractivity contribution in [3.05, 3.63) is 28.0 Å². The summed E-state index contributed by atoms with van der Waals surface area (Å²) in [6.07, 6.45) is 0.880.